The molecule has 0 aliphatic carbocycles. The van der Waals surface area contributed by atoms with Gasteiger partial charge in [0.25, 0.3) is 0 Å². The first-order valence-corrected chi connectivity index (χ1v) is 4.68. The minimum absolute atomic E-state index is 0.272. The van der Waals surface area contributed by atoms with Crippen LogP contribution in [0.4, 0.5) is 5.88 Å². The van der Waals surface area contributed by atoms with Crippen LogP contribution in [-0.4, -0.2) is 30.6 Å². The summed E-state index contributed by atoms with van der Waals surface area (Å²) in [5.74, 6) is 1.38. The van der Waals surface area contributed by atoms with Crippen LogP contribution in [-0.2, 0) is 0 Å². The van der Waals surface area contributed by atoms with Gasteiger partial charge in [0.1, 0.15) is 0 Å². The van der Waals surface area contributed by atoms with E-state index in [1.54, 1.807) is 19.1 Å². The van der Waals surface area contributed by atoms with E-state index in [9.17, 15) is 9.90 Å². The molecule has 0 radical (unpaired) electrons. The fraction of sp³-hybridized carbons (Fsp3) is 0.500. The van der Waals surface area contributed by atoms with Gasteiger partial charge >= 0.3 is 0 Å². The average molecular weight is 195 g/mol. The molecular weight excluding hydrogens is 182 g/mol. The zero-order valence-electron chi connectivity index (χ0n) is 8.01. The third-order valence-electron chi connectivity index (χ3n) is 2.63. The highest BCUT2D eigenvalue weighted by Gasteiger charge is 2.31. The lowest BCUT2D eigenvalue weighted by Gasteiger charge is -2.40. The zero-order chi connectivity index (χ0) is 10.1. The lowest BCUT2D eigenvalue weighted by molar-refractivity contribution is 0.104. The Morgan fingerprint density at radius 2 is 2.36 bits per heavy atom. The van der Waals surface area contributed by atoms with E-state index in [0.29, 0.717) is 23.8 Å². The first kappa shape index (κ1) is 9.27. The van der Waals surface area contributed by atoms with Crippen LogP contribution in [0.25, 0.3) is 0 Å². The number of carbonyl (C=O) groups excluding carboxylic acids is 1. The zero-order valence-corrected chi connectivity index (χ0v) is 8.01. The van der Waals surface area contributed by atoms with Gasteiger partial charge in [-0.1, -0.05) is 0 Å². The third kappa shape index (κ3) is 1.53. The first-order chi connectivity index (χ1) is 6.70. The topological polar surface area (TPSA) is 53.7 Å². The molecule has 76 valence electrons. The van der Waals surface area contributed by atoms with E-state index >= 15 is 0 Å². The molecule has 0 amide bonds. The van der Waals surface area contributed by atoms with Gasteiger partial charge in [0.15, 0.2) is 17.9 Å². The van der Waals surface area contributed by atoms with Gasteiger partial charge in [0.05, 0.1) is 6.10 Å². The fourth-order valence-electron chi connectivity index (χ4n) is 1.57. The van der Waals surface area contributed by atoms with Crippen molar-refractivity contribution in [3.63, 3.8) is 0 Å². The first-order valence-electron chi connectivity index (χ1n) is 4.68. The molecule has 1 unspecified atom stereocenters. The maximum Gasteiger partial charge on any atom is 0.196 e. The van der Waals surface area contributed by atoms with Crippen molar-refractivity contribution < 1.29 is 14.3 Å². The summed E-state index contributed by atoms with van der Waals surface area (Å²) in [6, 6.07) is 3.43. The van der Waals surface area contributed by atoms with Crippen LogP contribution in [0.3, 0.4) is 0 Å². The van der Waals surface area contributed by atoms with Crippen molar-refractivity contribution in [3.05, 3.63) is 17.9 Å². The molecule has 0 spiro atoms. The Labute approximate surface area is 82.1 Å². The molecule has 4 nitrogen and oxygen atoms in total. The van der Waals surface area contributed by atoms with Gasteiger partial charge in [-0.05, 0) is 13.0 Å². The minimum Gasteiger partial charge on any atom is -0.438 e. The second kappa shape index (κ2) is 3.46. The van der Waals surface area contributed by atoms with Gasteiger partial charge < -0.3 is 14.4 Å². The molecule has 2 rings (SSSR count). The molecule has 1 aliphatic rings. The van der Waals surface area contributed by atoms with Crippen LogP contribution >= 0.6 is 0 Å². The molecule has 0 bridgehead atoms. The molecular formula is C10H13NO3. The van der Waals surface area contributed by atoms with Crippen LogP contribution < -0.4 is 4.90 Å². The minimum atomic E-state index is -0.272. The summed E-state index contributed by atoms with van der Waals surface area (Å²) in [5, 5.41) is 9.27. The number of carbonyl (C=O) groups is 1. The molecule has 1 saturated heterocycles. The highest BCUT2D eigenvalue weighted by Crippen LogP contribution is 2.27. The average Bonchev–Trinajstić information content (AvgIpc) is 2.49. The Morgan fingerprint density at radius 1 is 1.64 bits per heavy atom. The second-order valence-corrected chi connectivity index (χ2v) is 3.70. The molecule has 0 aromatic carbocycles. The third-order valence-corrected chi connectivity index (χ3v) is 2.63. The van der Waals surface area contributed by atoms with Crippen molar-refractivity contribution in [2.45, 2.75) is 13.0 Å². The van der Waals surface area contributed by atoms with Crippen LogP contribution in [0.2, 0.25) is 0 Å². The fourth-order valence-corrected chi connectivity index (χ4v) is 1.57. The predicted octanol–water partition coefficient (Wildman–Crippen LogP) is 0.909. The van der Waals surface area contributed by atoms with E-state index in [1.807, 2.05) is 4.90 Å². The number of hydrogen-bond donors (Lipinski definition) is 1. The molecule has 1 aromatic heterocycles. The summed E-state index contributed by atoms with van der Waals surface area (Å²) < 4.78 is 5.24. The quantitative estimate of drug-likeness (QED) is 0.728. The Bertz CT molecular complexity index is 326. The van der Waals surface area contributed by atoms with Crippen LogP contribution in [0.1, 0.15) is 17.5 Å². The number of aliphatic hydroxyl groups is 1. The largest absolute Gasteiger partial charge is 0.438 e. The number of aldehydes is 1. The van der Waals surface area contributed by atoms with Crippen molar-refractivity contribution in [3.8, 4) is 0 Å². The van der Waals surface area contributed by atoms with Crippen molar-refractivity contribution in [1.29, 1.82) is 0 Å². The molecule has 2 heterocycles. The van der Waals surface area contributed by atoms with Gasteiger partial charge in [-0.25, -0.2) is 0 Å². The summed E-state index contributed by atoms with van der Waals surface area (Å²) in [6.45, 7) is 3.38. The summed E-state index contributed by atoms with van der Waals surface area (Å²) in [6.07, 6.45) is 0.418. The number of hydrogen-bond acceptors (Lipinski definition) is 4. The number of nitrogens with zero attached hydrogens (tertiary/aromatic N) is 1. The van der Waals surface area contributed by atoms with Gasteiger partial charge in [0.2, 0.25) is 0 Å². The van der Waals surface area contributed by atoms with Crippen LogP contribution in [0.15, 0.2) is 16.5 Å². The number of furan rings is 1. The molecule has 1 aliphatic heterocycles. The van der Waals surface area contributed by atoms with E-state index in [-0.39, 0.29) is 6.10 Å². The molecule has 0 saturated carbocycles. The second-order valence-electron chi connectivity index (χ2n) is 3.70. The van der Waals surface area contributed by atoms with E-state index in [1.165, 1.54) is 0 Å². The molecule has 1 fully saturated rings. The van der Waals surface area contributed by atoms with Crippen molar-refractivity contribution in [1.82, 2.24) is 0 Å². The summed E-state index contributed by atoms with van der Waals surface area (Å²) in [4.78, 5) is 12.4. The van der Waals surface area contributed by atoms with Gasteiger partial charge in [-0.2, -0.15) is 0 Å². The van der Waals surface area contributed by atoms with E-state index in [4.69, 9.17) is 4.42 Å². The van der Waals surface area contributed by atoms with E-state index < -0.39 is 0 Å². The Morgan fingerprint density at radius 3 is 2.86 bits per heavy atom. The normalized spacial score (nSPS) is 19.1. The van der Waals surface area contributed by atoms with Gasteiger partial charge in [-0.15, -0.1) is 0 Å². The van der Waals surface area contributed by atoms with Crippen LogP contribution in [0, 0.1) is 5.92 Å². The molecule has 1 N–H and O–H groups in total. The monoisotopic (exact) mass is 195 g/mol. The number of anilines is 1. The molecule has 4 heteroatoms. The highest BCUT2D eigenvalue weighted by molar-refractivity contribution is 5.71. The summed E-state index contributed by atoms with van der Waals surface area (Å²) in [7, 11) is 0. The summed E-state index contributed by atoms with van der Waals surface area (Å²) in [5.41, 5.74) is 0. The maximum atomic E-state index is 10.4. The van der Waals surface area contributed by atoms with E-state index in [0.717, 1.165) is 13.1 Å². The highest BCUT2D eigenvalue weighted by atomic mass is 16.4. The lowest BCUT2D eigenvalue weighted by atomic mass is 9.95. The Hall–Kier alpha value is -1.29. The number of rotatable bonds is 3. The van der Waals surface area contributed by atoms with Crippen molar-refractivity contribution in [2.24, 2.45) is 5.92 Å². The predicted molar refractivity (Wildman–Crippen MR) is 51.5 cm³/mol. The molecule has 14 heavy (non-hydrogen) atoms. The van der Waals surface area contributed by atoms with Gasteiger partial charge in [0, 0.05) is 25.1 Å². The molecule has 1 atom stereocenters. The maximum absolute atomic E-state index is 10.4. The Balaban J connectivity index is 1.96. The Kier molecular flexibility index (Phi) is 2.29. The number of aliphatic hydroxyl groups excluding tert-OH is 1. The van der Waals surface area contributed by atoms with Crippen molar-refractivity contribution >= 4 is 12.2 Å². The van der Waals surface area contributed by atoms with E-state index in [2.05, 4.69) is 0 Å². The summed E-state index contributed by atoms with van der Waals surface area (Å²) >= 11 is 0. The van der Waals surface area contributed by atoms with Gasteiger partial charge in [-0.3, -0.25) is 4.79 Å². The lowest BCUT2D eigenvalue weighted by Crippen LogP contribution is -2.51. The smallest absolute Gasteiger partial charge is 0.196 e. The van der Waals surface area contributed by atoms with Crippen LogP contribution in [0.5, 0.6) is 0 Å². The SMILES string of the molecule is CC(O)C1CN(c2ccc(C=O)o2)C1. The molecule has 1 aromatic rings. The van der Waals surface area contributed by atoms with Crippen molar-refractivity contribution in [2.75, 3.05) is 18.0 Å². The standard InChI is InChI=1S/C10H13NO3/c1-7(13)8-4-11(5-8)10-3-2-9(6-12)14-10/h2-3,6-8,13H,4-5H2,1H3.